The van der Waals surface area contributed by atoms with E-state index >= 15 is 0 Å². The second-order valence-electron chi connectivity index (χ2n) is 7.50. The second kappa shape index (κ2) is 6.97. The van der Waals surface area contributed by atoms with Gasteiger partial charge in [-0.3, -0.25) is 4.90 Å². The highest BCUT2D eigenvalue weighted by molar-refractivity contribution is 5.02. The lowest BCUT2D eigenvalue weighted by molar-refractivity contribution is -0.152. The van der Waals surface area contributed by atoms with Gasteiger partial charge in [0.05, 0.1) is 5.60 Å². The van der Waals surface area contributed by atoms with Crippen molar-refractivity contribution in [1.29, 1.82) is 0 Å². The molecule has 1 saturated heterocycles. The van der Waals surface area contributed by atoms with E-state index in [1.54, 1.807) is 0 Å². The van der Waals surface area contributed by atoms with Crippen LogP contribution in [-0.2, 0) is 4.74 Å². The summed E-state index contributed by atoms with van der Waals surface area (Å²) in [7, 11) is 0. The van der Waals surface area contributed by atoms with E-state index in [0.717, 1.165) is 32.2 Å². The number of nitrogens with zero attached hydrogens (tertiary/aromatic N) is 1. The van der Waals surface area contributed by atoms with Crippen LogP contribution in [0.15, 0.2) is 0 Å². The summed E-state index contributed by atoms with van der Waals surface area (Å²) < 4.78 is 6.14. The number of ether oxygens (including phenoxy) is 1. The van der Waals surface area contributed by atoms with Crippen molar-refractivity contribution >= 4 is 0 Å². The molecule has 1 aliphatic heterocycles. The molecule has 2 unspecified atom stereocenters. The van der Waals surface area contributed by atoms with Gasteiger partial charge in [0.2, 0.25) is 0 Å². The van der Waals surface area contributed by atoms with Crippen molar-refractivity contribution in [3.8, 4) is 0 Å². The third-order valence-corrected chi connectivity index (χ3v) is 6.03. The first-order chi connectivity index (χ1) is 9.99. The number of likely N-dealkylation sites (N-methyl/N-ethyl adjacent to an activating group) is 2. The Morgan fingerprint density at radius 2 is 1.90 bits per heavy atom. The predicted octanol–water partition coefficient (Wildman–Crippen LogP) is 3.43. The van der Waals surface area contributed by atoms with Crippen molar-refractivity contribution in [3.05, 3.63) is 0 Å². The number of nitrogens with one attached hydrogen (secondary N) is 1. The molecule has 2 atom stereocenters. The molecule has 0 aromatic carbocycles. The lowest BCUT2D eigenvalue weighted by Gasteiger charge is -2.53. The first-order valence-electron chi connectivity index (χ1n) is 9.11. The Balaban J connectivity index is 2.13. The van der Waals surface area contributed by atoms with Crippen LogP contribution in [0.3, 0.4) is 0 Å². The Kier molecular flexibility index (Phi) is 5.72. The van der Waals surface area contributed by atoms with Gasteiger partial charge < -0.3 is 10.1 Å². The maximum atomic E-state index is 6.14. The molecule has 0 radical (unpaired) electrons. The molecule has 2 rings (SSSR count). The van der Waals surface area contributed by atoms with Gasteiger partial charge in [-0.25, -0.2) is 0 Å². The minimum absolute atomic E-state index is 0.201. The second-order valence-corrected chi connectivity index (χ2v) is 7.50. The highest BCUT2D eigenvalue weighted by Gasteiger charge is 2.47. The predicted molar refractivity (Wildman–Crippen MR) is 89.7 cm³/mol. The van der Waals surface area contributed by atoms with Gasteiger partial charge in [0.15, 0.2) is 0 Å². The van der Waals surface area contributed by atoms with Gasteiger partial charge in [-0.15, -0.1) is 0 Å². The molecule has 2 fully saturated rings. The van der Waals surface area contributed by atoms with Crippen LogP contribution < -0.4 is 5.32 Å². The van der Waals surface area contributed by atoms with Crippen LogP contribution in [-0.4, -0.2) is 48.3 Å². The van der Waals surface area contributed by atoms with E-state index in [1.807, 2.05) is 0 Å². The Morgan fingerprint density at radius 1 is 1.24 bits per heavy atom. The van der Waals surface area contributed by atoms with Gasteiger partial charge in [0.25, 0.3) is 0 Å². The first kappa shape index (κ1) is 17.2. The molecule has 1 spiro atoms. The van der Waals surface area contributed by atoms with E-state index in [0.29, 0.717) is 6.04 Å². The van der Waals surface area contributed by atoms with Gasteiger partial charge in [0.1, 0.15) is 0 Å². The van der Waals surface area contributed by atoms with E-state index < -0.39 is 0 Å². The van der Waals surface area contributed by atoms with Gasteiger partial charge in [-0.05, 0) is 71.5 Å². The van der Waals surface area contributed by atoms with Crippen molar-refractivity contribution < 1.29 is 4.74 Å². The summed E-state index contributed by atoms with van der Waals surface area (Å²) in [6.45, 7) is 15.9. The lowest BCUT2D eigenvalue weighted by Crippen LogP contribution is -2.62. The minimum Gasteiger partial charge on any atom is -0.375 e. The number of hydrogen-bond acceptors (Lipinski definition) is 3. The van der Waals surface area contributed by atoms with Gasteiger partial charge in [-0.2, -0.15) is 0 Å². The molecule has 3 nitrogen and oxygen atoms in total. The molecule has 0 aromatic rings. The standard InChI is InChI=1S/C18H36N2O/c1-6-19-16(17(4,5)20(7-2)8-3)15-10-13-21-18(14-15)11-9-12-18/h15-16,19H,6-14H2,1-5H3. The van der Waals surface area contributed by atoms with E-state index in [9.17, 15) is 0 Å². The normalized spacial score (nSPS) is 26.9. The van der Waals surface area contributed by atoms with E-state index in [1.165, 1.54) is 32.1 Å². The first-order valence-corrected chi connectivity index (χ1v) is 9.11. The summed E-state index contributed by atoms with van der Waals surface area (Å²) in [4.78, 5) is 2.61. The van der Waals surface area contributed by atoms with Crippen molar-refractivity contribution in [2.24, 2.45) is 5.92 Å². The molecule has 1 saturated carbocycles. The molecule has 2 aliphatic rings. The summed E-state index contributed by atoms with van der Waals surface area (Å²) in [5, 5.41) is 3.83. The summed E-state index contributed by atoms with van der Waals surface area (Å²) >= 11 is 0. The third-order valence-electron chi connectivity index (χ3n) is 6.03. The van der Waals surface area contributed by atoms with Crippen LogP contribution in [0.2, 0.25) is 0 Å². The fraction of sp³-hybridized carbons (Fsp3) is 1.00. The summed E-state index contributed by atoms with van der Waals surface area (Å²) in [6, 6.07) is 0.559. The van der Waals surface area contributed by atoms with E-state index in [4.69, 9.17) is 4.74 Å². The Morgan fingerprint density at radius 3 is 2.38 bits per heavy atom. The molecular formula is C18H36N2O. The van der Waals surface area contributed by atoms with Crippen molar-refractivity contribution in [2.45, 2.75) is 83.9 Å². The maximum Gasteiger partial charge on any atom is 0.0685 e. The molecule has 0 amide bonds. The lowest BCUT2D eigenvalue weighted by atomic mass is 9.68. The molecule has 1 heterocycles. The highest BCUT2D eigenvalue weighted by Crippen LogP contribution is 2.46. The average molecular weight is 296 g/mol. The molecule has 0 bridgehead atoms. The van der Waals surface area contributed by atoms with Crippen LogP contribution in [0.25, 0.3) is 0 Å². The van der Waals surface area contributed by atoms with E-state index in [2.05, 4.69) is 44.8 Å². The van der Waals surface area contributed by atoms with Crippen LogP contribution >= 0.6 is 0 Å². The van der Waals surface area contributed by atoms with Gasteiger partial charge in [0, 0.05) is 18.2 Å². The van der Waals surface area contributed by atoms with Crippen molar-refractivity contribution in [2.75, 3.05) is 26.2 Å². The van der Waals surface area contributed by atoms with Crippen LogP contribution in [0.5, 0.6) is 0 Å². The summed E-state index contributed by atoms with van der Waals surface area (Å²) in [6.07, 6.45) is 6.40. The van der Waals surface area contributed by atoms with Crippen LogP contribution in [0.1, 0.15) is 66.7 Å². The smallest absolute Gasteiger partial charge is 0.0685 e. The maximum absolute atomic E-state index is 6.14. The molecule has 0 aromatic heterocycles. The zero-order chi connectivity index (χ0) is 15.5. The number of hydrogen-bond donors (Lipinski definition) is 1. The largest absolute Gasteiger partial charge is 0.375 e. The Bertz CT molecular complexity index is 321. The van der Waals surface area contributed by atoms with Crippen LogP contribution in [0, 0.1) is 5.92 Å². The third kappa shape index (κ3) is 3.46. The molecular weight excluding hydrogens is 260 g/mol. The zero-order valence-electron chi connectivity index (χ0n) is 14.9. The molecule has 21 heavy (non-hydrogen) atoms. The zero-order valence-corrected chi connectivity index (χ0v) is 14.9. The van der Waals surface area contributed by atoms with Crippen molar-refractivity contribution in [3.63, 3.8) is 0 Å². The van der Waals surface area contributed by atoms with E-state index in [-0.39, 0.29) is 11.1 Å². The minimum atomic E-state index is 0.201. The van der Waals surface area contributed by atoms with Gasteiger partial charge >= 0.3 is 0 Å². The summed E-state index contributed by atoms with van der Waals surface area (Å²) in [5.41, 5.74) is 0.447. The fourth-order valence-electron chi connectivity index (χ4n) is 4.72. The fourth-order valence-corrected chi connectivity index (χ4v) is 4.72. The Labute approximate surface area is 131 Å². The quantitative estimate of drug-likeness (QED) is 0.779. The monoisotopic (exact) mass is 296 g/mol. The SMILES string of the molecule is CCNC(C1CCOC2(CCC2)C1)C(C)(C)N(CC)CC. The van der Waals surface area contributed by atoms with Crippen molar-refractivity contribution in [1.82, 2.24) is 10.2 Å². The summed E-state index contributed by atoms with van der Waals surface area (Å²) in [5.74, 6) is 0.745. The Hall–Kier alpha value is -0.120. The molecule has 1 aliphatic carbocycles. The number of rotatable bonds is 7. The highest BCUT2D eigenvalue weighted by atomic mass is 16.5. The molecule has 3 heteroatoms. The molecule has 124 valence electrons. The molecule has 1 N–H and O–H groups in total. The topological polar surface area (TPSA) is 24.5 Å². The van der Waals surface area contributed by atoms with Crippen LogP contribution in [0.4, 0.5) is 0 Å². The van der Waals surface area contributed by atoms with Gasteiger partial charge in [-0.1, -0.05) is 20.8 Å². The average Bonchev–Trinajstić information content (AvgIpc) is 2.44.